The fraction of sp³-hybridized carbons (Fsp3) is 0.0833. The van der Waals surface area contributed by atoms with Crippen molar-refractivity contribution in [3.05, 3.63) is 46.8 Å². The Balaban J connectivity index is 2.23. The summed E-state index contributed by atoms with van der Waals surface area (Å²) in [5.74, 6) is 0.534. The Bertz CT molecular complexity index is 523. The molecule has 0 bridgehead atoms. The number of nitrogens with one attached hydrogen (secondary N) is 1. The minimum atomic E-state index is -0.314. The van der Waals surface area contributed by atoms with Crippen molar-refractivity contribution in [2.45, 2.75) is 0 Å². The lowest BCUT2D eigenvalue weighted by Gasteiger charge is -2.09. The van der Waals surface area contributed by atoms with Crippen LogP contribution in [0, 0.1) is 0 Å². The maximum atomic E-state index is 11.8. The lowest BCUT2D eigenvalue weighted by atomic mass is 10.3. The second kappa shape index (κ2) is 5.05. The van der Waals surface area contributed by atoms with E-state index in [1.54, 1.807) is 31.4 Å². The van der Waals surface area contributed by atoms with E-state index in [1.165, 1.54) is 6.26 Å². The molecule has 0 fully saturated rings. The second-order valence-corrected chi connectivity index (χ2v) is 4.19. The largest absolute Gasteiger partial charge is 0.495 e. The van der Waals surface area contributed by atoms with E-state index in [-0.39, 0.29) is 11.7 Å². The third-order valence-electron chi connectivity index (χ3n) is 2.15. The molecule has 1 aromatic heterocycles. The monoisotopic (exact) mass is 295 g/mol. The molecule has 1 aromatic carbocycles. The third kappa shape index (κ3) is 2.68. The highest BCUT2D eigenvalue weighted by molar-refractivity contribution is 9.10. The Morgan fingerprint density at radius 3 is 2.88 bits per heavy atom. The van der Waals surface area contributed by atoms with Crippen LogP contribution in [-0.4, -0.2) is 13.0 Å². The molecule has 0 aliphatic heterocycles. The first-order valence-electron chi connectivity index (χ1n) is 4.89. The van der Waals surface area contributed by atoms with Crippen LogP contribution < -0.4 is 10.1 Å². The predicted molar refractivity (Wildman–Crippen MR) is 67.4 cm³/mol. The van der Waals surface area contributed by atoms with E-state index in [1.807, 2.05) is 6.07 Å². The van der Waals surface area contributed by atoms with Crippen LogP contribution >= 0.6 is 15.9 Å². The molecule has 0 aliphatic rings. The summed E-state index contributed by atoms with van der Waals surface area (Å²) in [6, 6.07) is 8.62. The number of amides is 1. The molecule has 4 nitrogen and oxygen atoms in total. The van der Waals surface area contributed by atoms with E-state index in [2.05, 4.69) is 21.2 Å². The van der Waals surface area contributed by atoms with E-state index < -0.39 is 0 Å². The Hall–Kier alpha value is -1.75. The highest BCUT2D eigenvalue weighted by Crippen LogP contribution is 2.28. The van der Waals surface area contributed by atoms with Crippen molar-refractivity contribution in [2.75, 3.05) is 12.4 Å². The van der Waals surface area contributed by atoms with Gasteiger partial charge in [0.25, 0.3) is 5.91 Å². The van der Waals surface area contributed by atoms with Crippen LogP contribution in [0.5, 0.6) is 5.75 Å². The van der Waals surface area contributed by atoms with Crippen molar-refractivity contribution in [3.63, 3.8) is 0 Å². The second-order valence-electron chi connectivity index (χ2n) is 3.28. The van der Waals surface area contributed by atoms with Crippen molar-refractivity contribution in [2.24, 2.45) is 0 Å². The van der Waals surface area contributed by atoms with E-state index >= 15 is 0 Å². The topological polar surface area (TPSA) is 51.5 Å². The standard InChI is InChI=1S/C12H10BrNO3/c1-16-10-5-4-8(13)7-9(10)14-12(15)11-3-2-6-17-11/h2-7H,1H3,(H,14,15). The van der Waals surface area contributed by atoms with Gasteiger partial charge in [0.15, 0.2) is 5.76 Å². The summed E-state index contributed by atoms with van der Waals surface area (Å²) in [5, 5.41) is 2.72. The number of halogens is 1. The first kappa shape index (κ1) is 11.7. The molecule has 17 heavy (non-hydrogen) atoms. The number of methoxy groups -OCH3 is 1. The summed E-state index contributed by atoms with van der Waals surface area (Å²) in [5.41, 5.74) is 0.586. The average molecular weight is 296 g/mol. The summed E-state index contributed by atoms with van der Waals surface area (Å²) >= 11 is 3.33. The molecule has 0 aliphatic carbocycles. The zero-order chi connectivity index (χ0) is 12.3. The van der Waals surface area contributed by atoms with E-state index in [0.29, 0.717) is 11.4 Å². The molecule has 2 aromatic rings. The molecular formula is C12H10BrNO3. The van der Waals surface area contributed by atoms with E-state index in [9.17, 15) is 4.79 Å². The van der Waals surface area contributed by atoms with Crippen LogP contribution in [0.2, 0.25) is 0 Å². The molecule has 0 unspecified atom stereocenters. The third-order valence-corrected chi connectivity index (χ3v) is 2.65. The number of hydrogen-bond acceptors (Lipinski definition) is 3. The Morgan fingerprint density at radius 2 is 2.24 bits per heavy atom. The van der Waals surface area contributed by atoms with Crippen LogP contribution in [0.15, 0.2) is 45.5 Å². The van der Waals surface area contributed by atoms with Crippen molar-refractivity contribution >= 4 is 27.5 Å². The van der Waals surface area contributed by atoms with Gasteiger partial charge in [-0.15, -0.1) is 0 Å². The minimum Gasteiger partial charge on any atom is -0.495 e. The van der Waals surface area contributed by atoms with E-state index in [0.717, 1.165) is 4.47 Å². The molecule has 0 atom stereocenters. The highest BCUT2D eigenvalue weighted by atomic mass is 79.9. The molecular weight excluding hydrogens is 286 g/mol. The van der Waals surface area contributed by atoms with Crippen LogP contribution in [0.1, 0.15) is 10.6 Å². The summed E-state index contributed by atoms with van der Waals surface area (Å²) < 4.78 is 11.0. The predicted octanol–water partition coefficient (Wildman–Crippen LogP) is 3.30. The fourth-order valence-electron chi connectivity index (χ4n) is 1.37. The number of ether oxygens (including phenoxy) is 1. The number of furan rings is 1. The van der Waals surface area contributed by atoms with Gasteiger partial charge in [0, 0.05) is 4.47 Å². The molecule has 1 N–H and O–H groups in total. The number of carbonyl (C=O) groups is 1. The quantitative estimate of drug-likeness (QED) is 0.945. The van der Waals surface area contributed by atoms with Crippen molar-refractivity contribution in [1.29, 1.82) is 0 Å². The molecule has 0 radical (unpaired) electrons. The lowest BCUT2D eigenvalue weighted by molar-refractivity contribution is 0.0996. The lowest BCUT2D eigenvalue weighted by Crippen LogP contribution is -2.11. The van der Waals surface area contributed by atoms with E-state index in [4.69, 9.17) is 9.15 Å². The van der Waals surface area contributed by atoms with Gasteiger partial charge in [-0.3, -0.25) is 4.79 Å². The normalized spacial score (nSPS) is 10.0. The van der Waals surface area contributed by atoms with Crippen LogP contribution in [0.25, 0.3) is 0 Å². The fourth-order valence-corrected chi connectivity index (χ4v) is 1.73. The van der Waals surface area contributed by atoms with Crippen LogP contribution in [-0.2, 0) is 0 Å². The van der Waals surface area contributed by atoms with Gasteiger partial charge in [-0.2, -0.15) is 0 Å². The molecule has 1 heterocycles. The number of anilines is 1. The number of hydrogen-bond donors (Lipinski definition) is 1. The molecule has 0 spiro atoms. The Labute approximate surface area is 107 Å². The van der Waals surface area contributed by atoms with Gasteiger partial charge in [0.05, 0.1) is 19.1 Å². The zero-order valence-electron chi connectivity index (χ0n) is 9.07. The van der Waals surface area contributed by atoms with Crippen molar-refractivity contribution in [3.8, 4) is 5.75 Å². The van der Waals surface area contributed by atoms with Gasteiger partial charge in [-0.1, -0.05) is 15.9 Å². The molecule has 88 valence electrons. The number of rotatable bonds is 3. The van der Waals surface area contributed by atoms with Crippen molar-refractivity contribution < 1.29 is 13.9 Å². The SMILES string of the molecule is COc1ccc(Br)cc1NC(=O)c1ccco1. The minimum absolute atomic E-state index is 0.257. The Kier molecular flexibility index (Phi) is 3.49. The maximum absolute atomic E-state index is 11.8. The molecule has 1 amide bonds. The average Bonchev–Trinajstić information content (AvgIpc) is 2.83. The Morgan fingerprint density at radius 1 is 1.41 bits per heavy atom. The summed E-state index contributed by atoms with van der Waals surface area (Å²) in [4.78, 5) is 11.8. The molecule has 2 rings (SSSR count). The summed E-state index contributed by atoms with van der Waals surface area (Å²) in [7, 11) is 1.55. The molecule has 5 heteroatoms. The van der Waals surface area contributed by atoms with Gasteiger partial charge < -0.3 is 14.5 Å². The van der Waals surface area contributed by atoms with Gasteiger partial charge >= 0.3 is 0 Å². The molecule has 0 saturated carbocycles. The highest BCUT2D eigenvalue weighted by Gasteiger charge is 2.11. The van der Waals surface area contributed by atoms with Crippen LogP contribution in [0.4, 0.5) is 5.69 Å². The van der Waals surface area contributed by atoms with Gasteiger partial charge in [-0.05, 0) is 30.3 Å². The van der Waals surface area contributed by atoms with Gasteiger partial charge in [0.1, 0.15) is 5.75 Å². The number of carbonyl (C=O) groups excluding carboxylic acids is 1. The summed E-state index contributed by atoms with van der Waals surface area (Å²) in [6.07, 6.45) is 1.45. The maximum Gasteiger partial charge on any atom is 0.291 e. The summed E-state index contributed by atoms with van der Waals surface area (Å²) in [6.45, 7) is 0. The smallest absolute Gasteiger partial charge is 0.291 e. The van der Waals surface area contributed by atoms with Gasteiger partial charge in [-0.25, -0.2) is 0 Å². The molecule has 0 saturated heterocycles. The first-order chi connectivity index (χ1) is 8.20. The first-order valence-corrected chi connectivity index (χ1v) is 5.68. The number of benzene rings is 1. The van der Waals surface area contributed by atoms with Crippen molar-refractivity contribution in [1.82, 2.24) is 0 Å². The van der Waals surface area contributed by atoms with Gasteiger partial charge in [0.2, 0.25) is 0 Å². The zero-order valence-corrected chi connectivity index (χ0v) is 10.7. The van der Waals surface area contributed by atoms with Crippen LogP contribution in [0.3, 0.4) is 0 Å².